The quantitative estimate of drug-likeness (QED) is 0.474. The van der Waals surface area contributed by atoms with Crippen LogP contribution in [0.1, 0.15) is 57.4 Å². The molecule has 1 aromatic heterocycles. The molecule has 1 aromatic carbocycles. The molecule has 1 atom stereocenters. The van der Waals surface area contributed by atoms with Gasteiger partial charge in [0.25, 0.3) is 5.69 Å². The first-order valence-electron chi connectivity index (χ1n) is 9.55. The van der Waals surface area contributed by atoms with Crippen molar-refractivity contribution in [3.8, 4) is 0 Å². The lowest BCUT2D eigenvalue weighted by atomic mass is 9.80. The highest BCUT2D eigenvalue weighted by Gasteiger charge is 2.40. The summed E-state index contributed by atoms with van der Waals surface area (Å²) < 4.78 is 7.37. The Morgan fingerprint density at radius 1 is 1.34 bits per heavy atom. The van der Waals surface area contributed by atoms with E-state index in [1.54, 1.807) is 50.6 Å². The summed E-state index contributed by atoms with van der Waals surface area (Å²) in [6.45, 7) is 9.14. The third-order valence-electron chi connectivity index (χ3n) is 4.85. The van der Waals surface area contributed by atoms with Gasteiger partial charge in [-0.15, -0.1) is 0 Å². The Balaban J connectivity index is 2.30. The average Bonchev–Trinajstić information content (AvgIpc) is 2.94. The van der Waals surface area contributed by atoms with E-state index in [0.717, 1.165) is 17.1 Å². The molecule has 0 saturated carbocycles. The van der Waals surface area contributed by atoms with Crippen LogP contribution >= 0.6 is 0 Å². The Kier molecular flexibility index (Phi) is 5.21. The number of esters is 1. The highest BCUT2D eigenvalue weighted by Crippen LogP contribution is 2.46. The van der Waals surface area contributed by atoms with Crippen molar-refractivity contribution in [2.45, 2.75) is 52.6 Å². The summed E-state index contributed by atoms with van der Waals surface area (Å²) >= 11 is 0. The highest BCUT2D eigenvalue weighted by atomic mass is 16.6. The van der Waals surface area contributed by atoms with E-state index in [-0.39, 0.29) is 5.69 Å². The number of benzene rings is 1. The topological polar surface area (TPSA) is 99.3 Å². The molecule has 1 aliphatic heterocycles. The molecule has 0 radical (unpaired) electrons. The number of nitro benzene ring substituents is 1. The van der Waals surface area contributed by atoms with Crippen LogP contribution in [0, 0.1) is 10.1 Å². The lowest BCUT2D eigenvalue weighted by Crippen LogP contribution is -2.30. The summed E-state index contributed by atoms with van der Waals surface area (Å²) in [5, 5.41) is 19.6. The molecule has 0 bridgehead atoms. The molecule has 1 unspecified atom stereocenters. The second kappa shape index (κ2) is 7.35. The fourth-order valence-electron chi connectivity index (χ4n) is 3.73. The number of anilines is 1. The van der Waals surface area contributed by atoms with Gasteiger partial charge in [-0.3, -0.25) is 14.8 Å². The molecule has 154 valence electrons. The third-order valence-corrected chi connectivity index (χ3v) is 4.85. The van der Waals surface area contributed by atoms with E-state index in [1.807, 2.05) is 14.0 Å². The van der Waals surface area contributed by atoms with Crippen LogP contribution < -0.4 is 5.32 Å². The fourth-order valence-corrected chi connectivity index (χ4v) is 3.73. The largest absolute Gasteiger partial charge is 0.457 e. The van der Waals surface area contributed by atoms with E-state index in [0.29, 0.717) is 23.3 Å². The maximum atomic E-state index is 13.2. The number of allylic oxidation sites excluding steroid dienone is 1. The van der Waals surface area contributed by atoms with Gasteiger partial charge < -0.3 is 10.1 Å². The van der Waals surface area contributed by atoms with Gasteiger partial charge in [-0.1, -0.05) is 25.1 Å². The van der Waals surface area contributed by atoms with Gasteiger partial charge in [0.1, 0.15) is 11.4 Å². The normalized spacial score (nSPS) is 16.3. The summed E-state index contributed by atoms with van der Waals surface area (Å²) in [6.07, 6.45) is 0.628. The number of fused-ring (bicyclic) bond motifs is 1. The Morgan fingerprint density at radius 2 is 2.00 bits per heavy atom. The van der Waals surface area contributed by atoms with Gasteiger partial charge in [-0.25, -0.2) is 4.79 Å². The first-order chi connectivity index (χ1) is 13.5. The van der Waals surface area contributed by atoms with Gasteiger partial charge in [0.15, 0.2) is 0 Å². The molecule has 2 heterocycles. The minimum absolute atomic E-state index is 0.0369. The number of rotatable bonds is 4. The number of nitrogens with zero attached hydrogens (tertiary/aromatic N) is 3. The predicted octanol–water partition coefficient (Wildman–Crippen LogP) is 4.06. The van der Waals surface area contributed by atoms with Crippen molar-refractivity contribution >= 4 is 17.5 Å². The van der Waals surface area contributed by atoms with Crippen LogP contribution in [0.4, 0.5) is 11.5 Å². The van der Waals surface area contributed by atoms with E-state index in [9.17, 15) is 14.9 Å². The standard InChI is InChI=1S/C21H26N4O4/c1-7-14-18-17(13-10-8-9-11-15(13)25(27)28)16(20(26)29-21(3,4)5)12(2)22-19(18)24(6)23-14/h8-11,17,22H,7H2,1-6H3. The van der Waals surface area contributed by atoms with Gasteiger partial charge in [0.05, 0.1) is 22.1 Å². The molecule has 0 aliphatic carbocycles. The van der Waals surface area contributed by atoms with E-state index in [1.165, 1.54) is 6.07 Å². The average molecular weight is 398 g/mol. The molecule has 1 N–H and O–H groups in total. The van der Waals surface area contributed by atoms with Crippen molar-refractivity contribution in [2.24, 2.45) is 7.05 Å². The number of hydrogen-bond acceptors (Lipinski definition) is 6. The van der Waals surface area contributed by atoms with Crippen molar-refractivity contribution in [1.82, 2.24) is 9.78 Å². The van der Waals surface area contributed by atoms with Gasteiger partial charge in [0.2, 0.25) is 0 Å². The predicted molar refractivity (Wildman–Crippen MR) is 110 cm³/mol. The molecule has 3 rings (SSSR count). The number of carbonyl (C=O) groups excluding carboxylic acids is 1. The zero-order valence-electron chi connectivity index (χ0n) is 17.6. The molecule has 1 aliphatic rings. The minimum Gasteiger partial charge on any atom is -0.457 e. The van der Waals surface area contributed by atoms with Crippen LogP contribution in [-0.4, -0.2) is 26.3 Å². The van der Waals surface area contributed by atoms with Crippen molar-refractivity contribution < 1.29 is 14.5 Å². The molecule has 0 saturated heterocycles. The molecule has 2 aromatic rings. The molecule has 8 heteroatoms. The lowest BCUT2D eigenvalue weighted by Gasteiger charge is -2.30. The Morgan fingerprint density at radius 3 is 2.59 bits per heavy atom. The van der Waals surface area contributed by atoms with Crippen LogP contribution in [0.15, 0.2) is 35.5 Å². The second-order valence-corrected chi connectivity index (χ2v) is 8.10. The number of ether oxygens (including phenoxy) is 1. The van der Waals surface area contributed by atoms with Gasteiger partial charge in [0, 0.05) is 29.9 Å². The molecule has 0 spiro atoms. The van der Waals surface area contributed by atoms with E-state index in [4.69, 9.17) is 4.74 Å². The molecule has 8 nitrogen and oxygen atoms in total. The number of nitro groups is 1. The number of hydrogen-bond donors (Lipinski definition) is 1. The first kappa shape index (κ1) is 20.6. The lowest BCUT2D eigenvalue weighted by molar-refractivity contribution is -0.385. The summed E-state index contributed by atoms with van der Waals surface area (Å²) in [5.41, 5.74) is 2.24. The number of nitrogens with one attached hydrogen (secondary N) is 1. The SMILES string of the molecule is CCc1nn(C)c2c1C(c1ccccc1[N+](=O)[O-])C(C(=O)OC(C)(C)C)=C(C)N2. The van der Waals surface area contributed by atoms with Crippen molar-refractivity contribution in [3.05, 3.63) is 62.5 Å². The fraction of sp³-hybridized carbons (Fsp3) is 0.429. The van der Waals surface area contributed by atoms with E-state index >= 15 is 0 Å². The first-order valence-corrected chi connectivity index (χ1v) is 9.55. The van der Waals surface area contributed by atoms with Gasteiger partial charge in [-0.2, -0.15) is 5.10 Å². The molecular formula is C21H26N4O4. The van der Waals surface area contributed by atoms with Crippen molar-refractivity contribution in [2.75, 3.05) is 5.32 Å². The second-order valence-electron chi connectivity index (χ2n) is 8.10. The number of para-hydroxylation sites is 1. The van der Waals surface area contributed by atoms with Crippen molar-refractivity contribution in [1.29, 1.82) is 0 Å². The Hall–Kier alpha value is -3.16. The molecule has 0 fully saturated rings. The monoisotopic (exact) mass is 398 g/mol. The maximum absolute atomic E-state index is 13.2. The number of aromatic nitrogens is 2. The minimum atomic E-state index is -0.694. The van der Waals surface area contributed by atoms with Crippen LogP contribution in [0.25, 0.3) is 0 Å². The summed E-state index contributed by atoms with van der Waals surface area (Å²) in [4.78, 5) is 24.5. The molecular weight excluding hydrogens is 372 g/mol. The smallest absolute Gasteiger partial charge is 0.337 e. The van der Waals surface area contributed by atoms with Crippen molar-refractivity contribution in [3.63, 3.8) is 0 Å². The van der Waals surface area contributed by atoms with E-state index < -0.39 is 22.4 Å². The number of aryl methyl sites for hydroxylation is 2. The van der Waals surface area contributed by atoms with Crippen LogP contribution in [-0.2, 0) is 23.0 Å². The van der Waals surface area contributed by atoms with E-state index in [2.05, 4.69) is 10.4 Å². The summed E-state index contributed by atoms with van der Waals surface area (Å²) in [6, 6.07) is 6.52. The maximum Gasteiger partial charge on any atom is 0.337 e. The Bertz CT molecular complexity index is 1010. The van der Waals surface area contributed by atoms with Crippen LogP contribution in [0.5, 0.6) is 0 Å². The highest BCUT2D eigenvalue weighted by molar-refractivity contribution is 5.95. The molecule has 29 heavy (non-hydrogen) atoms. The van der Waals surface area contributed by atoms with Gasteiger partial charge >= 0.3 is 5.97 Å². The zero-order valence-corrected chi connectivity index (χ0v) is 17.6. The van der Waals surface area contributed by atoms with Crippen LogP contribution in [0.2, 0.25) is 0 Å². The molecule has 0 amide bonds. The Labute approximate surface area is 169 Å². The number of carbonyl (C=O) groups is 1. The summed E-state index contributed by atoms with van der Waals surface area (Å²) in [7, 11) is 1.81. The summed E-state index contributed by atoms with van der Waals surface area (Å²) in [5.74, 6) is -0.414. The van der Waals surface area contributed by atoms with Gasteiger partial charge in [-0.05, 0) is 34.1 Å². The third kappa shape index (κ3) is 3.74. The van der Waals surface area contributed by atoms with Crippen LogP contribution in [0.3, 0.4) is 0 Å². The zero-order chi connectivity index (χ0) is 21.5.